The second-order valence-corrected chi connectivity index (χ2v) is 7.77. The lowest BCUT2D eigenvalue weighted by molar-refractivity contribution is 0.467. The van der Waals surface area contributed by atoms with Crippen LogP contribution in [0.3, 0.4) is 0 Å². The topological polar surface area (TPSA) is 45.5 Å². The number of aromatic nitrogens is 2. The Balaban J connectivity index is 0.00000261. The number of guanidine groups is 1. The molecule has 1 aliphatic carbocycles. The van der Waals surface area contributed by atoms with Crippen molar-refractivity contribution in [1.82, 2.24) is 20.0 Å². The Morgan fingerprint density at radius 3 is 2.52 bits per heavy atom. The number of rotatable bonds is 6. The molecule has 0 aliphatic heterocycles. The van der Waals surface area contributed by atoms with Crippen molar-refractivity contribution in [3.05, 3.63) is 53.3 Å². The molecule has 0 saturated heterocycles. The third-order valence-corrected chi connectivity index (χ3v) is 5.29. The summed E-state index contributed by atoms with van der Waals surface area (Å²) < 4.78 is 1.91. The van der Waals surface area contributed by atoms with Gasteiger partial charge in [0.1, 0.15) is 0 Å². The summed E-state index contributed by atoms with van der Waals surface area (Å²) in [6, 6.07) is 10.8. The minimum atomic E-state index is 0. The van der Waals surface area contributed by atoms with E-state index in [1.807, 2.05) is 18.8 Å². The van der Waals surface area contributed by atoms with Crippen LogP contribution in [0.4, 0.5) is 0 Å². The smallest absolute Gasteiger partial charge is 0.193 e. The number of nitrogens with one attached hydrogen (secondary N) is 1. The summed E-state index contributed by atoms with van der Waals surface area (Å²) in [6.07, 6.45) is 4.60. The van der Waals surface area contributed by atoms with Crippen LogP contribution >= 0.6 is 24.0 Å². The van der Waals surface area contributed by atoms with E-state index in [-0.39, 0.29) is 29.4 Å². The summed E-state index contributed by atoms with van der Waals surface area (Å²) in [5.41, 5.74) is 4.13. The quantitative estimate of drug-likeness (QED) is 0.387. The van der Waals surface area contributed by atoms with E-state index < -0.39 is 0 Å². The monoisotopic (exact) mass is 481 g/mol. The fraction of sp³-hybridized carbons (Fsp3) is 0.524. The molecule has 0 atom stereocenters. The van der Waals surface area contributed by atoms with Crippen LogP contribution in [0.5, 0.6) is 0 Å². The van der Waals surface area contributed by atoms with Crippen LogP contribution in [-0.4, -0.2) is 41.3 Å². The van der Waals surface area contributed by atoms with Crippen LogP contribution in [0.25, 0.3) is 0 Å². The number of hydrogen-bond acceptors (Lipinski definition) is 2. The molecule has 0 radical (unpaired) electrons. The lowest BCUT2D eigenvalue weighted by atomic mass is 9.96. The van der Waals surface area contributed by atoms with E-state index in [0.29, 0.717) is 5.92 Å². The fourth-order valence-corrected chi connectivity index (χ4v) is 3.64. The zero-order chi connectivity index (χ0) is 18.7. The zero-order valence-corrected chi connectivity index (χ0v) is 19.4. The van der Waals surface area contributed by atoms with E-state index in [9.17, 15) is 0 Å². The number of aliphatic imine (C=N–C) groups is 1. The molecule has 1 saturated carbocycles. The molecular weight excluding hydrogens is 449 g/mol. The van der Waals surface area contributed by atoms with Crippen molar-refractivity contribution >= 4 is 29.9 Å². The average Bonchev–Trinajstić information content (AvgIpc) is 3.33. The molecule has 2 aromatic rings. The van der Waals surface area contributed by atoms with Crippen LogP contribution in [-0.2, 0) is 19.0 Å². The SMILES string of the molecule is CN=C(NCC1(c2ccccc2)CC1)N(C)Cc1cn(C)nc1C(C)C.I. The van der Waals surface area contributed by atoms with Crippen LogP contribution in [0.15, 0.2) is 41.5 Å². The molecule has 0 unspecified atom stereocenters. The Hall–Kier alpha value is -1.57. The summed E-state index contributed by atoms with van der Waals surface area (Å²) in [5, 5.41) is 8.21. The van der Waals surface area contributed by atoms with E-state index in [4.69, 9.17) is 0 Å². The molecule has 27 heavy (non-hydrogen) atoms. The highest BCUT2D eigenvalue weighted by molar-refractivity contribution is 14.0. The maximum absolute atomic E-state index is 4.61. The van der Waals surface area contributed by atoms with Gasteiger partial charge in [-0.1, -0.05) is 44.2 Å². The maximum Gasteiger partial charge on any atom is 0.193 e. The Kier molecular flexibility index (Phi) is 7.31. The highest BCUT2D eigenvalue weighted by atomic mass is 127. The summed E-state index contributed by atoms with van der Waals surface area (Å²) in [7, 11) is 5.93. The molecule has 5 nitrogen and oxygen atoms in total. The maximum atomic E-state index is 4.61. The van der Waals surface area contributed by atoms with Gasteiger partial charge in [0.2, 0.25) is 0 Å². The average molecular weight is 481 g/mol. The van der Waals surface area contributed by atoms with Crippen molar-refractivity contribution < 1.29 is 0 Å². The molecule has 1 aromatic heterocycles. The van der Waals surface area contributed by atoms with Gasteiger partial charge in [-0.25, -0.2) is 0 Å². The highest BCUT2D eigenvalue weighted by Gasteiger charge is 2.44. The molecule has 1 aromatic carbocycles. The second kappa shape index (κ2) is 9.08. The normalized spacial score (nSPS) is 15.4. The van der Waals surface area contributed by atoms with Crippen LogP contribution in [0.2, 0.25) is 0 Å². The van der Waals surface area contributed by atoms with Crippen molar-refractivity contribution in [2.45, 2.75) is 44.6 Å². The van der Waals surface area contributed by atoms with Gasteiger partial charge < -0.3 is 10.2 Å². The fourth-order valence-electron chi connectivity index (χ4n) is 3.64. The van der Waals surface area contributed by atoms with Crippen LogP contribution < -0.4 is 5.32 Å². The first-order chi connectivity index (χ1) is 12.4. The molecule has 3 rings (SSSR count). The van der Waals surface area contributed by atoms with E-state index in [2.05, 4.69) is 77.7 Å². The van der Waals surface area contributed by atoms with E-state index in [1.54, 1.807) is 0 Å². The number of halogens is 1. The van der Waals surface area contributed by atoms with E-state index in [0.717, 1.165) is 24.7 Å². The van der Waals surface area contributed by atoms with Crippen molar-refractivity contribution in [3.8, 4) is 0 Å². The summed E-state index contributed by atoms with van der Waals surface area (Å²) in [5.74, 6) is 1.35. The number of hydrogen-bond donors (Lipinski definition) is 1. The van der Waals surface area contributed by atoms with Crippen molar-refractivity contribution in [3.63, 3.8) is 0 Å². The van der Waals surface area contributed by atoms with Crippen molar-refractivity contribution in [2.75, 3.05) is 20.6 Å². The molecule has 0 bridgehead atoms. The molecule has 1 aliphatic rings. The lowest BCUT2D eigenvalue weighted by Crippen LogP contribution is -2.42. The second-order valence-electron chi connectivity index (χ2n) is 7.77. The number of benzene rings is 1. The van der Waals surface area contributed by atoms with Gasteiger partial charge in [-0.15, -0.1) is 24.0 Å². The standard InChI is InChI=1S/C21H31N5.HI/c1-16(2)19-17(14-26(5)24-19)13-25(4)20(22-3)23-15-21(11-12-21)18-9-7-6-8-10-18;/h6-10,14,16H,11-13,15H2,1-5H3,(H,22,23);1H. The predicted molar refractivity (Wildman–Crippen MR) is 123 cm³/mol. The summed E-state index contributed by atoms with van der Waals surface area (Å²) in [6.45, 7) is 6.11. The molecule has 0 amide bonds. The van der Waals surface area contributed by atoms with Gasteiger partial charge >= 0.3 is 0 Å². The third kappa shape index (κ3) is 5.03. The number of aryl methyl sites for hydroxylation is 1. The number of nitrogens with zero attached hydrogens (tertiary/aromatic N) is 4. The van der Waals surface area contributed by atoms with E-state index >= 15 is 0 Å². The van der Waals surface area contributed by atoms with Gasteiger partial charge in [0.15, 0.2) is 5.96 Å². The van der Waals surface area contributed by atoms with Crippen LogP contribution in [0, 0.1) is 0 Å². The molecular formula is C21H32IN5. The first-order valence-corrected chi connectivity index (χ1v) is 9.45. The van der Waals surface area contributed by atoms with Gasteiger partial charge in [0, 0.05) is 51.4 Å². The van der Waals surface area contributed by atoms with Crippen LogP contribution in [0.1, 0.15) is 49.4 Å². The Labute approximate surface area is 180 Å². The third-order valence-electron chi connectivity index (χ3n) is 5.29. The lowest BCUT2D eigenvalue weighted by Gasteiger charge is -2.25. The van der Waals surface area contributed by atoms with E-state index in [1.165, 1.54) is 24.0 Å². The minimum absolute atomic E-state index is 0. The largest absolute Gasteiger partial charge is 0.355 e. The van der Waals surface area contributed by atoms with Gasteiger partial charge in [-0.05, 0) is 24.3 Å². The minimum Gasteiger partial charge on any atom is -0.355 e. The molecule has 0 spiro atoms. The molecule has 1 heterocycles. The van der Waals surface area contributed by atoms with Gasteiger partial charge in [-0.3, -0.25) is 9.67 Å². The van der Waals surface area contributed by atoms with Crippen molar-refractivity contribution in [2.24, 2.45) is 12.0 Å². The van der Waals surface area contributed by atoms with Crippen molar-refractivity contribution in [1.29, 1.82) is 0 Å². The molecule has 1 N–H and O–H groups in total. The first kappa shape index (κ1) is 21.7. The first-order valence-electron chi connectivity index (χ1n) is 9.45. The van der Waals surface area contributed by atoms with Gasteiger partial charge in [0.25, 0.3) is 0 Å². The zero-order valence-electron chi connectivity index (χ0n) is 17.1. The molecule has 6 heteroatoms. The predicted octanol–water partition coefficient (Wildman–Crippen LogP) is 3.90. The van der Waals surface area contributed by atoms with Gasteiger partial charge in [-0.2, -0.15) is 5.10 Å². The Morgan fingerprint density at radius 1 is 1.30 bits per heavy atom. The Morgan fingerprint density at radius 2 is 1.96 bits per heavy atom. The summed E-state index contributed by atoms with van der Waals surface area (Å²) >= 11 is 0. The van der Waals surface area contributed by atoms with Gasteiger partial charge in [0.05, 0.1) is 5.69 Å². The summed E-state index contributed by atoms with van der Waals surface area (Å²) in [4.78, 5) is 6.68. The Bertz CT molecular complexity index is 762. The highest BCUT2D eigenvalue weighted by Crippen LogP contribution is 2.47. The molecule has 148 valence electrons. The molecule has 1 fully saturated rings.